The summed E-state index contributed by atoms with van der Waals surface area (Å²) in [6.07, 6.45) is -2.91. The molecule has 7 heteroatoms. The van der Waals surface area contributed by atoms with Crippen molar-refractivity contribution in [1.29, 1.82) is 0 Å². The average Bonchev–Trinajstić information content (AvgIpc) is 2.47. The SMILES string of the molecule is CSc1cc(C(F)(F)F)ccc1C(=O)c1cccc(Cl)c1O. The summed E-state index contributed by atoms with van der Waals surface area (Å²) in [5, 5.41) is 9.84. The Morgan fingerprint density at radius 3 is 2.45 bits per heavy atom. The number of aromatic hydroxyl groups is 1. The van der Waals surface area contributed by atoms with Gasteiger partial charge in [0.15, 0.2) is 5.78 Å². The van der Waals surface area contributed by atoms with Gasteiger partial charge in [0.1, 0.15) is 5.75 Å². The lowest BCUT2D eigenvalue weighted by Gasteiger charge is -2.12. The highest BCUT2D eigenvalue weighted by Gasteiger charge is 2.31. The van der Waals surface area contributed by atoms with Gasteiger partial charge in [-0.25, -0.2) is 0 Å². The molecule has 0 radical (unpaired) electrons. The highest BCUT2D eigenvalue weighted by atomic mass is 35.5. The van der Waals surface area contributed by atoms with E-state index in [9.17, 15) is 23.1 Å². The van der Waals surface area contributed by atoms with Crippen LogP contribution in [0.4, 0.5) is 13.2 Å². The van der Waals surface area contributed by atoms with E-state index < -0.39 is 17.5 Å². The van der Waals surface area contributed by atoms with Gasteiger partial charge < -0.3 is 5.11 Å². The van der Waals surface area contributed by atoms with Crippen LogP contribution in [-0.2, 0) is 6.18 Å². The fraction of sp³-hybridized carbons (Fsp3) is 0.133. The number of halogens is 4. The van der Waals surface area contributed by atoms with E-state index in [-0.39, 0.29) is 26.8 Å². The lowest BCUT2D eigenvalue weighted by atomic mass is 10.0. The number of phenolic OH excluding ortho intramolecular Hbond substituents is 1. The number of hydrogen-bond acceptors (Lipinski definition) is 3. The summed E-state index contributed by atoms with van der Waals surface area (Å²) in [7, 11) is 0. The van der Waals surface area contributed by atoms with Crippen LogP contribution in [0.3, 0.4) is 0 Å². The first kappa shape index (κ1) is 16.7. The fourth-order valence-corrected chi connectivity index (χ4v) is 2.70. The number of thioether (sulfide) groups is 1. The van der Waals surface area contributed by atoms with Crippen molar-refractivity contribution in [2.24, 2.45) is 0 Å². The van der Waals surface area contributed by atoms with Crippen LogP contribution < -0.4 is 0 Å². The van der Waals surface area contributed by atoms with E-state index in [1.165, 1.54) is 18.2 Å². The zero-order chi connectivity index (χ0) is 16.5. The van der Waals surface area contributed by atoms with Crippen molar-refractivity contribution in [2.45, 2.75) is 11.1 Å². The number of para-hydroxylation sites is 1. The van der Waals surface area contributed by atoms with Crippen molar-refractivity contribution in [2.75, 3.05) is 6.26 Å². The summed E-state index contributed by atoms with van der Waals surface area (Å²) in [5.41, 5.74) is -0.802. The van der Waals surface area contributed by atoms with Gasteiger partial charge in [-0.3, -0.25) is 4.79 Å². The van der Waals surface area contributed by atoms with Crippen LogP contribution in [0.25, 0.3) is 0 Å². The van der Waals surface area contributed by atoms with E-state index in [1.807, 2.05) is 0 Å². The molecule has 0 aliphatic carbocycles. The second kappa shape index (κ2) is 6.22. The van der Waals surface area contributed by atoms with Crippen molar-refractivity contribution >= 4 is 29.1 Å². The zero-order valence-corrected chi connectivity index (χ0v) is 12.8. The molecule has 22 heavy (non-hydrogen) atoms. The number of carbonyl (C=O) groups is 1. The van der Waals surface area contributed by atoms with Gasteiger partial charge in [0.2, 0.25) is 0 Å². The maximum absolute atomic E-state index is 12.7. The molecule has 2 nitrogen and oxygen atoms in total. The monoisotopic (exact) mass is 346 g/mol. The third-order valence-corrected chi connectivity index (χ3v) is 4.09. The standard InChI is InChI=1S/C15H10ClF3O2S/c1-22-12-7-8(15(17,18)19)5-6-9(12)13(20)10-3-2-4-11(16)14(10)21/h2-7,21H,1H3. The van der Waals surface area contributed by atoms with Gasteiger partial charge in [-0.1, -0.05) is 17.7 Å². The lowest BCUT2D eigenvalue weighted by molar-refractivity contribution is -0.137. The van der Waals surface area contributed by atoms with E-state index >= 15 is 0 Å². The van der Waals surface area contributed by atoms with Gasteiger partial charge in [-0.15, -0.1) is 11.8 Å². The van der Waals surface area contributed by atoms with Crippen LogP contribution in [0.2, 0.25) is 5.02 Å². The molecular formula is C15H10ClF3O2S. The Hall–Kier alpha value is -1.66. The summed E-state index contributed by atoms with van der Waals surface area (Å²) in [6, 6.07) is 7.13. The van der Waals surface area contributed by atoms with Gasteiger partial charge in [0.25, 0.3) is 0 Å². The Morgan fingerprint density at radius 1 is 1.18 bits per heavy atom. The quantitative estimate of drug-likeness (QED) is 0.626. The number of carbonyl (C=O) groups excluding carboxylic acids is 1. The van der Waals surface area contributed by atoms with Crippen molar-refractivity contribution < 1.29 is 23.1 Å². The first-order chi connectivity index (χ1) is 10.3. The number of hydrogen-bond donors (Lipinski definition) is 1. The molecular weight excluding hydrogens is 337 g/mol. The molecule has 1 N–H and O–H groups in total. The second-order valence-electron chi connectivity index (χ2n) is 4.38. The van der Waals surface area contributed by atoms with Crippen molar-refractivity contribution in [3.05, 3.63) is 58.1 Å². The topological polar surface area (TPSA) is 37.3 Å². The molecule has 0 atom stereocenters. The number of ketones is 1. The van der Waals surface area contributed by atoms with Gasteiger partial charge in [0.05, 0.1) is 16.1 Å². The highest BCUT2D eigenvalue weighted by Crippen LogP contribution is 2.35. The number of alkyl halides is 3. The zero-order valence-electron chi connectivity index (χ0n) is 11.2. The third-order valence-electron chi connectivity index (χ3n) is 3.00. The highest BCUT2D eigenvalue weighted by molar-refractivity contribution is 7.98. The third kappa shape index (κ3) is 3.23. The Kier molecular flexibility index (Phi) is 4.72. The summed E-state index contributed by atoms with van der Waals surface area (Å²) in [4.78, 5) is 12.6. The maximum atomic E-state index is 12.7. The maximum Gasteiger partial charge on any atom is 0.416 e. The predicted octanol–water partition coefficient (Wildman–Crippen LogP) is 5.02. The van der Waals surface area contributed by atoms with E-state index in [4.69, 9.17) is 11.6 Å². The first-order valence-electron chi connectivity index (χ1n) is 6.03. The number of rotatable bonds is 3. The van der Waals surface area contributed by atoms with Crippen LogP contribution in [-0.4, -0.2) is 17.1 Å². The molecule has 0 aliphatic rings. The Bertz CT molecular complexity index is 729. The molecule has 2 aromatic carbocycles. The summed E-state index contributed by atoms with van der Waals surface area (Å²) in [5.74, 6) is -0.973. The molecule has 2 aromatic rings. The molecule has 2 rings (SSSR count). The average molecular weight is 347 g/mol. The second-order valence-corrected chi connectivity index (χ2v) is 5.63. The van der Waals surface area contributed by atoms with Crippen LogP contribution in [0, 0.1) is 0 Å². The molecule has 0 unspecified atom stereocenters. The smallest absolute Gasteiger partial charge is 0.416 e. The van der Waals surface area contributed by atoms with E-state index in [2.05, 4.69) is 0 Å². The van der Waals surface area contributed by atoms with Crippen LogP contribution in [0.15, 0.2) is 41.3 Å². The molecule has 116 valence electrons. The molecule has 0 aliphatic heterocycles. The van der Waals surface area contributed by atoms with Crippen molar-refractivity contribution in [3.8, 4) is 5.75 Å². The van der Waals surface area contributed by atoms with Crippen LogP contribution in [0.1, 0.15) is 21.5 Å². The van der Waals surface area contributed by atoms with Gasteiger partial charge in [-0.05, 0) is 36.6 Å². The fourth-order valence-electron chi connectivity index (χ4n) is 1.90. The minimum Gasteiger partial charge on any atom is -0.506 e. The molecule has 0 amide bonds. The molecule has 0 heterocycles. The Balaban J connectivity index is 2.53. The molecule has 0 aromatic heterocycles. The van der Waals surface area contributed by atoms with Crippen molar-refractivity contribution in [3.63, 3.8) is 0 Å². The summed E-state index contributed by atoms with van der Waals surface area (Å²) < 4.78 is 38.2. The lowest BCUT2D eigenvalue weighted by Crippen LogP contribution is -2.08. The largest absolute Gasteiger partial charge is 0.506 e. The molecule has 0 fully saturated rings. The van der Waals surface area contributed by atoms with Crippen molar-refractivity contribution in [1.82, 2.24) is 0 Å². The number of benzene rings is 2. The van der Waals surface area contributed by atoms with Crippen LogP contribution in [0.5, 0.6) is 5.75 Å². The van der Waals surface area contributed by atoms with E-state index in [1.54, 1.807) is 6.26 Å². The summed E-state index contributed by atoms with van der Waals surface area (Å²) >= 11 is 6.77. The molecule has 0 saturated heterocycles. The first-order valence-corrected chi connectivity index (χ1v) is 7.63. The van der Waals surface area contributed by atoms with Gasteiger partial charge in [-0.2, -0.15) is 13.2 Å². The predicted molar refractivity (Wildman–Crippen MR) is 79.8 cm³/mol. The van der Waals surface area contributed by atoms with E-state index in [0.717, 1.165) is 30.0 Å². The molecule has 0 saturated carbocycles. The Labute approximate surface area is 133 Å². The summed E-state index contributed by atoms with van der Waals surface area (Å²) in [6.45, 7) is 0. The molecule has 0 spiro atoms. The minimum atomic E-state index is -4.48. The minimum absolute atomic E-state index is 0.00321. The van der Waals surface area contributed by atoms with Gasteiger partial charge in [0, 0.05) is 10.5 Å². The van der Waals surface area contributed by atoms with Crippen LogP contribution >= 0.6 is 23.4 Å². The number of phenols is 1. The van der Waals surface area contributed by atoms with Gasteiger partial charge >= 0.3 is 6.18 Å². The Morgan fingerprint density at radius 2 is 1.86 bits per heavy atom. The molecule has 0 bridgehead atoms. The van der Waals surface area contributed by atoms with E-state index in [0.29, 0.717) is 0 Å². The normalized spacial score (nSPS) is 11.5.